The van der Waals surface area contributed by atoms with Gasteiger partial charge in [0.15, 0.2) is 18.7 Å². The number of ether oxygens (including phenoxy) is 1. The zero-order chi connectivity index (χ0) is 20.6. The summed E-state index contributed by atoms with van der Waals surface area (Å²) in [6, 6.07) is 10.8. The number of allylic oxidation sites excluding steroid dienone is 1. The number of benzene rings is 1. The summed E-state index contributed by atoms with van der Waals surface area (Å²) in [5.74, 6) is 1.32. The van der Waals surface area contributed by atoms with E-state index in [4.69, 9.17) is 27.9 Å². The van der Waals surface area contributed by atoms with Crippen LogP contribution in [-0.2, 0) is 4.74 Å². The number of hydrogen-bond acceptors (Lipinski definition) is 2. The fourth-order valence-electron chi connectivity index (χ4n) is 5.00. The number of rotatable bonds is 5. The third kappa shape index (κ3) is 3.71. The molecular weight excluding hydrogens is 403 g/mol. The first kappa shape index (κ1) is 20.4. The predicted octanol–water partition coefficient (Wildman–Crippen LogP) is 6.42. The summed E-state index contributed by atoms with van der Waals surface area (Å²) in [7, 11) is 0. The van der Waals surface area contributed by atoms with E-state index in [1.165, 1.54) is 5.56 Å². The summed E-state index contributed by atoms with van der Waals surface area (Å²) < 4.78 is 8.85. The smallest absolute Gasteiger partial charge is 0.343 e. The molecule has 3 heterocycles. The van der Waals surface area contributed by atoms with Crippen molar-refractivity contribution in [3.8, 4) is 0 Å². The summed E-state index contributed by atoms with van der Waals surface area (Å²) in [5.41, 5.74) is 2.29. The summed E-state index contributed by atoms with van der Waals surface area (Å²) in [4.78, 5) is 4.39. The molecule has 0 fully saturated rings. The van der Waals surface area contributed by atoms with Crippen LogP contribution in [-0.4, -0.2) is 28.1 Å². The van der Waals surface area contributed by atoms with E-state index in [2.05, 4.69) is 48.2 Å². The summed E-state index contributed by atoms with van der Waals surface area (Å²) in [5, 5.41) is 1.42. The van der Waals surface area contributed by atoms with Crippen LogP contribution in [0.5, 0.6) is 0 Å². The molecule has 1 aromatic carbocycles. The molecule has 2 aliphatic rings. The minimum atomic E-state index is -0.110. The Labute approximate surface area is 183 Å². The molecule has 0 N–H and O–H groups in total. The van der Waals surface area contributed by atoms with E-state index >= 15 is 0 Å². The molecule has 152 valence electrons. The van der Waals surface area contributed by atoms with E-state index < -0.39 is 0 Å². The van der Waals surface area contributed by atoms with Gasteiger partial charge in [-0.3, -0.25) is 4.98 Å². The molecule has 4 atom stereocenters. The van der Waals surface area contributed by atoms with Crippen molar-refractivity contribution in [2.24, 2.45) is 5.41 Å². The second kappa shape index (κ2) is 8.12. The SMILES string of the molecule is C=CC[C@@]1(C)C[C@H](c2cncc(Cl)c2)[C@@H](c2ccc(Cl)cc2)[N+]2=C1OC[C@@H]2CC. The Hall–Kier alpha value is -1.84. The molecule has 0 saturated carbocycles. The van der Waals surface area contributed by atoms with Crippen molar-refractivity contribution in [3.05, 3.63) is 76.6 Å². The van der Waals surface area contributed by atoms with Gasteiger partial charge in [-0.25, -0.2) is 0 Å². The molecule has 0 unspecified atom stereocenters. The first-order valence-corrected chi connectivity index (χ1v) is 11.0. The largest absolute Gasteiger partial charge is 0.441 e. The average Bonchev–Trinajstić information content (AvgIpc) is 3.14. The topological polar surface area (TPSA) is 25.1 Å². The molecule has 0 amide bonds. The lowest BCUT2D eigenvalue weighted by atomic mass is 9.69. The molecule has 5 heteroatoms. The van der Waals surface area contributed by atoms with Crippen LogP contribution in [0.3, 0.4) is 0 Å². The van der Waals surface area contributed by atoms with Gasteiger partial charge in [0.25, 0.3) is 0 Å². The molecule has 0 spiro atoms. The molecule has 1 aromatic heterocycles. The van der Waals surface area contributed by atoms with Gasteiger partial charge in [0.2, 0.25) is 0 Å². The fraction of sp³-hybridized carbons (Fsp3) is 0.417. The van der Waals surface area contributed by atoms with Gasteiger partial charge < -0.3 is 4.74 Å². The Morgan fingerprint density at radius 2 is 1.97 bits per heavy atom. The van der Waals surface area contributed by atoms with E-state index in [0.29, 0.717) is 11.1 Å². The second-order valence-corrected chi connectivity index (χ2v) is 9.26. The van der Waals surface area contributed by atoms with E-state index in [0.717, 1.165) is 42.4 Å². The maximum absolute atomic E-state index is 6.34. The molecule has 2 aromatic rings. The van der Waals surface area contributed by atoms with Crippen LogP contribution in [0.15, 0.2) is 55.4 Å². The lowest BCUT2D eigenvalue weighted by molar-refractivity contribution is -0.610. The average molecular weight is 430 g/mol. The maximum Gasteiger partial charge on any atom is 0.343 e. The zero-order valence-corrected chi connectivity index (χ0v) is 18.5. The fourth-order valence-corrected chi connectivity index (χ4v) is 5.31. The highest BCUT2D eigenvalue weighted by Crippen LogP contribution is 2.51. The predicted molar refractivity (Wildman–Crippen MR) is 119 cm³/mol. The van der Waals surface area contributed by atoms with Crippen molar-refractivity contribution < 1.29 is 9.31 Å². The van der Waals surface area contributed by atoms with Crippen molar-refractivity contribution in [3.63, 3.8) is 0 Å². The molecular formula is C24H27Cl2N2O+. The lowest BCUT2D eigenvalue weighted by Gasteiger charge is -2.38. The molecule has 3 nitrogen and oxygen atoms in total. The Balaban J connectivity index is 1.93. The van der Waals surface area contributed by atoms with Gasteiger partial charge in [0, 0.05) is 29.4 Å². The van der Waals surface area contributed by atoms with Crippen LogP contribution in [0, 0.1) is 5.41 Å². The van der Waals surface area contributed by atoms with E-state index in [1.807, 2.05) is 24.4 Å². The summed E-state index contributed by atoms with van der Waals surface area (Å²) in [6.07, 6.45) is 8.49. The van der Waals surface area contributed by atoms with Crippen LogP contribution in [0.1, 0.15) is 56.2 Å². The van der Waals surface area contributed by atoms with Gasteiger partial charge in [-0.2, -0.15) is 4.58 Å². The third-order valence-corrected chi connectivity index (χ3v) is 6.80. The molecule has 29 heavy (non-hydrogen) atoms. The van der Waals surface area contributed by atoms with Gasteiger partial charge >= 0.3 is 5.90 Å². The van der Waals surface area contributed by atoms with Crippen LogP contribution >= 0.6 is 23.2 Å². The second-order valence-electron chi connectivity index (χ2n) is 8.38. The minimum Gasteiger partial charge on any atom is -0.441 e. The maximum atomic E-state index is 6.34. The van der Waals surface area contributed by atoms with Gasteiger partial charge in [0.05, 0.1) is 16.4 Å². The van der Waals surface area contributed by atoms with Crippen molar-refractivity contribution >= 4 is 29.1 Å². The highest BCUT2D eigenvalue weighted by molar-refractivity contribution is 6.30. The first-order chi connectivity index (χ1) is 14.0. The molecule has 0 aliphatic carbocycles. The molecule has 0 radical (unpaired) electrons. The lowest BCUT2D eigenvalue weighted by Crippen LogP contribution is -2.45. The van der Waals surface area contributed by atoms with E-state index in [9.17, 15) is 0 Å². The van der Waals surface area contributed by atoms with Crippen molar-refractivity contribution in [2.45, 2.75) is 51.1 Å². The summed E-state index contributed by atoms with van der Waals surface area (Å²) in [6.45, 7) is 9.26. The zero-order valence-electron chi connectivity index (χ0n) is 16.9. The quantitative estimate of drug-likeness (QED) is 0.404. The van der Waals surface area contributed by atoms with Gasteiger partial charge in [-0.1, -0.05) is 48.3 Å². The number of nitrogens with zero attached hydrogens (tertiary/aromatic N) is 2. The van der Waals surface area contributed by atoms with Crippen LogP contribution in [0.25, 0.3) is 0 Å². The van der Waals surface area contributed by atoms with Gasteiger partial charge in [-0.05, 0) is 43.5 Å². The van der Waals surface area contributed by atoms with Crippen LogP contribution in [0.2, 0.25) is 10.0 Å². The van der Waals surface area contributed by atoms with Crippen LogP contribution < -0.4 is 0 Å². The highest BCUT2D eigenvalue weighted by Gasteiger charge is 2.56. The third-order valence-electron chi connectivity index (χ3n) is 6.34. The molecule has 2 aliphatic heterocycles. The number of halogens is 2. The Morgan fingerprint density at radius 3 is 2.62 bits per heavy atom. The number of hydrogen-bond donors (Lipinski definition) is 0. The normalized spacial score (nSPS) is 28.8. The first-order valence-electron chi connectivity index (χ1n) is 10.2. The standard InChI is InChI=1S/C24H27Cl2N2O/c1-4-10-24(3)12-21(17-11-19(26)14-27-13-17)22(16-6-8-18(25)9-7-16)28-20(5-2)15-29-23(24)28/h4,6-9,11,13-14,20-22H,1,5,10,12,15H2,2-3H3/q+1/t20-,21+,22+,24-/m0/s1. The van der Waals surface area contributed by atoms with Crippen molar-refractivity contribution in [1.82, 2.24) is 4.98 Å². The monoisotopic (exact) mass is 429 g/mol. The van der Waals surface area contributed by atoms with Crippen molar-refractivity contribution in [1.29, 1.82) is 0 Å². The Kier molecular flexibility index (Phi) is 5.72. The minimum absolute atomic E-state index is 0.110. The Morgan fingerprint density at radius 1 is 1.21 bits per heavy atom. The van der Waals surface area contributed by atoms with Gasteiger partial charge in [0.1, 0.15) is 0 Å². The van der Waals surface area contributed by atoms with E-state index in [1.54, 1.807) is 6.20 Å². The summed E-state index contributed by atoms with van der Waals surface area (Å²) >= 11 is 12.5. The molecule has 0 bridgehead atoms. The number of pyridine rings is 1. The Bertz CT molecular complexity index is 940. The van der Waals surface area contributed by atoms with Crippen LogP contribution in [0.4, 0.5) is 0 Å². The molecule has 0 saturated heterocycles. The highest BCUT2D eigenvalue weighted by atomic mass is 35.5. The van der Waals surface area contributed by atoms with Gasteiger partial charge in [-0.15, -0.1) is 6.58 Å². The van der Waals surface area contributed by atoms with Crippen molar-refractivity contribution in [2.75, 3.05) is 6.61 Å². The number of aromatic nitrogens is 1. The van der Waals surface area contributed by atoms with E-state index in [-0.39, 0.29) is 17.4 Å². The molecule has 4 rings (SSSR count).